The van der Waals surface area contributed by atoms with Gasteiger partial charge in [0.1, 0.15) is 5.69 Å². The summed E-state index contributed by atoms with van der Waals surface area (Å²) in [4.78, 5) is 30.3. The molecule has 0 atom stereocenters. The van der Waals surface area contributed by atoms with E-state index in [1.54, 1.807) is 18.7 Å². The van der Waals surface area contributed by atoms with Gasteiger partial charge in [-0.2, -0.15) is 28.5 Å². The third kappa shape index (κ3) is 4.93. The molecule has 0 aliphatic rings. The number of benzene rings is 1. The lowest BCUT2D eigenvalue weighted by molar-refractivity contribution is -0.142. The van der Waals surface area contributed by atoms with Crippen LogP contribution in [0.3, 0.4) is 0 Å². The Kier molecular flexibility index (Phi) is 6.34. The van der Waals surface area contributed by atoms with Crippen molar-refractivity contribution in [1.29, 1.82) is 0 Å². The fraction of sp³-hybridized carbons (Fsp3) is 0.167. The molecule has 0 saturated carbocycles. The molecular weight excluding hydrogens is 539 g/mol. The minimum atomic E-state index is -4.79. The molecule has 1 aromatic carbocycles. The van der Waals surface area contributed by atoms with Gasteiger partial charge < -0.3 is 10.6 Å². The third-order valence-corrected chi connectivity index (χ3v) is 6.23. The Hall–Kier alpha value is -4.72. The van der Waals surface area contributed by atoms with Gasteiger partial charge in [-0.1, -0.05) is 23.7 Å². The molecule has 0 unspecified atom stereocenters. The van der Waals surface area contributed by atoms with E-state index in [0.29, 0.717) is 26.5 Å². The molecule has 39 heavy (non-hydrogen) atoms. The molecule has 0 aliphatic carbocycles. The van der Waals surface area contributed by atoms with Gasteiger partial charge in [0.05, 0.1) is 35.2 Å². The first kappa shape index (κ1) is 25.9. The molecule has 4 heterocycles. The summed E-state index contributed by atoms with van der Waals surface area (Å²) in [6.07, 6.45) is -2.07. The lowest BCUT2D eigenvalue weighted by Crippen LogP contribution is -2.21. The van der Waals surface area contributed by atoms with Gasteiger partial charge in [0.25, 0.3) is 11.8 Å². The maximum absolute atomic E-state index is 13.9. The molecule has 0 spiro atoms. The molecule has 11 nitrogen and oxygen atoms in total. The van der Waals surface area contributed by atoms with Crippen LogP contribution < -0.4 is 10.6 Å². The zero-order chi connectivity index (χ0) is 28.1. The molecule has 0 bridgehead atoms. The monoisotopic (exact) mass is 557 g/mol. The minimum absolute atomic E-state index is 0.00879. The van der Waals surface area contributed by atoms with E-state index in [1.165, 1.54) is 48.4 Å². The summed E-state index contributed by atoms with van der Waals surface area (Å²) < 4.78 is 45.1. The van der Waals surface area contributed by atoms with E-state index >= 15 is 0 Å². The second-order valence-electron chi connectivity index (χ2n) is 8.54. The lowest BCUT2D eigenvalue weighted by atomic mass is 10.1. The van der Waals surface area contributed by atoms with Gasteiger partial charge in [-0.05, 0) is 25.1 Å². The van der Waals surface area contributed by atoms with Gasteiger partial charge in [-0.15, -0.1) is 0 Å². The van der Waals surface area contributed by atoms with Crippen LogP contribution in [0.25, 0.3) is 16.9 Å². The first-order valence-corrected chi connectivity index (χ1v) is 11.7. The number of anilines is 2. The number of nitrogens with zero attached hydrogens (tertiary/aromatic N) is 7. The number of nitrogens with one attached hydrogen (secondary N) is 2. The predicted molar refractivity (Wildman–Crippen MR) is 135 cm³/mol. The number of carbonyl (C=O) groups is 2. The molecule has 0 fully saturated rings. The molecular formula is C24H19ClF3N9O2. The van der Waals surface area contributed by atoms with Crippen LogP contribution in [0.4, 0.5) is 24.5 Å². The molecule has 5 aromatic rings. The molecule has 2 N–H and O–H groups in total. The van der Waals surface area contributed by atoms with E-state index in [0.717, 1.165) is 12.1 Å². The van der Waals surface area contributed by atoms with Gasteiger partial charge in [0, 0.05) is 30.7 Å². The molecule has 5 rings (SSSR count). The normalized spacial score (nSPS) is 11.7. The smallest absolute Gasteiger partial charge is 0.318 e. The van der Waals surface area contributed by atoms with E-state index in [4.69, 9.17) is 11.6 Å². The molecule has 0 aliphatic heterocycles. The number of hydrogen-bond donors (Lipinski definition) is 2. The number of fused-ring (bicyclic) bond motifs is 1. The molecule has 200 valence electrons. The van der Waals surface area contributed by atoms with Crippen LogP contribution in [0.15, 0.2) is 48.8 Å². The maximum Gasteiger partial charge on any atom is 0.433 e. The van der Waals surface area contributed by atoms with Crippen LogP contribution in [0.2, 0.25) is 5.02 Å². The number of aromatic nitrogens is 7. The van der Waals surface area contributed by atoms with E-state index in [9.17, 15) is 22.8 Å². The number of carbonyl (C=O) groups excluding carboxylic acids is 2. The molecule has 0 saturated heterocycles. The number of halogens is 4. The largest absolute Gasteiger partial charge is 0.433 e. The first-order chi connectivity index (χ1) is 18.4. The van der Waals surface area contributed by atoms with Crippen molar-refractivity contribution in [2.24, 2.45) is 14.1 Å². The van der Waals surface area contributed by atoms with Gasteiger partial charge in [-0.25, -0.2) is 9.50 Å². The van der Waals surface area contributed by atoms with Crippen molar-refractivity contribution < 1.29 is 22.8 Å². The van der Waals surface area contributed by atoms with Gasteiger partial charge >= 0.3 is 6.18 Å². The first-order valence-electron chi connectivity index (χ1n) is 11.3. The summed E-state index contributed by atoms with van der Waals surface area (Å²) in [5.74, 6) is -1.44. The Morgan fingerprint density at radius 2 is 1.56 bits per heavy atom. The summed E-state index contributed by atoms with van der Waals surface area (Å²) in [7, 11) is 3.22. The average molecular weight is 558 g/mol. The summed E-state index contributed by atoms with van der Waals surface area (Å²) in [5, 5.41) is 17.6. The zero-order valence-corrected chi connectivity index (χ0v) is 21.3. The van der Waals surface area contributed by atoms with Crippen LogP contribution in [0, 0.1) is 6.92 Å². The number of amides is 2. The van der Waals surface area contributed by atoms with Crippen molar-refractivity contribution in [1.82, 2.24) is 34.2 Å². The van der Waals surface area contributed by atoms with Crippen LogP contribution in [-0.2, 0) is 20.3 Å². The van der Waals surface area contributed by atoms with Crippen molar-refractivity contribution in [3.8, 4) is 11.3 Å². The van der Waals surface area contributed by atoms with E-state index in [-0.39, 0.29) is 28.4 Å². The summed E-state index contributed by atoms with van der Waals surface area (Å²) >= 11 is 5.89. The Balaban J connectivity index is 1.47. The van der Waals surface area contributed by atoms with Crippen molar-refractivity contribution in [3.05, 3.63) is 76.6 Å². The second-order valence-corrected chi connectivity index (χ2v) is 8.97. The van der Waals surface area contributed by atoms with E-state index < -0.39 is 23.7 Å². The van der Waals surface area contributed by atoms with E-state index in [2.05, 4.69) is 30.9 Å². The van der Waals surface area contributed by atoms with Crippen LogP contribution in [0.5, 0.6) is 0 Å². The van der Waals surface area contributed by atoms with E-state index in [1.807, 2.05) is 0 Å². The lowest BCUT2D eigenvalue weighted by Gasteiger charge is -2.11. The molecule has 0 radical (unpaired) electrons. The molecule has 15 heteroatoms. The topological polar surface area (TPSA) is 124 Å². The molecule has 4 aromatic heterocycles. The molecule has 2 amide bonds. The second kappa shape index (κ2) is 9.54. The number of rotatable bonds is 5. The zero-order valence-electron chi connectivity index (χ0n) is 20.6. The highest BCUT2D eigenvalue weighted by atomic mass is 35.5. The van der Waals surface area contributed by atoms with Crippen LogP contribution in [-0.4, -0.2) is 46.0 Å². The van der Waals surface area contributed by atoms with Crippen LogP contribution >= 0.6 is 11.6 Å². The minimum Gasteiger partial charge on any atom is -0.318 e. The SMILES string of the molecule is Cc1c(NC(=O)c2c(NC(=O)c3cc4nc(-c5ccc(Cl)cc5)cc(C(F)(F)F)n4n3)cnn2C)cnn1C. The van der Waals surface area contributed by atoms with Gasteiger partial charge in [0.15, 0.2) is 17.0 Å². The summed E-state index contributed by atoms with van der Waals surface area (Å²) in [6.45, 7) is 1.76. The summed E-state index contributed by atoms with van der Waals surface area (Å²) in [5.41, 5.74) is -0.0421. The van der Waals surface area contributed by atoms with Crippen molar-refractivity contribution in [3.63, 3.8) is 0 Å². The standard InChI is InChI=1S/C24H19ClF3N9O2/c1-12-17(10-29-35(12)2)32-23(39)21-18(11-30-36(21)3)33-22(38)16-9-20-31-15(13-4-6-14(25)7-5-13)8-19(24(26,27)28)37(20)34-16/h4-11H,1-3H3,(H,32,39)(H,33,38). The third-order valence-electron chi connectivity index (χ3n) is 5.98. The Bertz CT molecular complexity index is 1740. The van der Waals surface area contributed by atoms with Crippen molar-refractivity contribution in [2.75, 3.05) is 10.6 Å². The Morgan fingerprint density at radius 3 is 2.21 bits per heavy atom. The number of aryl methyl sites for hydroxylation is 2. The van der Waals surface area contributed by atoms with Crippen LogP contribution in [0.1, 0.15) is 32.4 Å². The predicted octanol–water partition coefficient (Wildman–Crippen LogP) is 4.35. The van der Waals surface area contributed by atoms with Gasteiger partial charge in [-0.3, -0.25) is 19.0 Å². The Morgan fingerprint density at radius 1 is 0.923 bits per heavy atom. The highest BCUT2D eigenvalue weighted by Gasteiger charge is 2.36. The van der Waals surface area contributed by atoms with Gasteiger partial charge in [0.2, 0.25) is 0 Å². The average Bonchev–Trinajstić information content (AvgIpc) is 3.56. The fourth-order valence-electron chi connectivity index (χ4n) is 3.84. The highest BCUT2D eigenvalue weighted by molar-refractivity contribution is 6.30. The summed E-state index contributed by atoms with van der Waals surface area (Å²) in [6, 6.07) is 8.10. The highest BCUT2D eigenvalue weighted by Crippen LogP contribution is 2.32. The van der Waals surface area contributed by atoms with Crippen molar-refractivity contribution in [2.45, 2.75) is 13.1 Å². The Labute approximate surface area is 223 Å². The fourth-order valence-corrected chi connectivity index (χ4v) is 3.97. The number of hydrogen-bond acceptors (Lipinski definition) is 6. The number of alkyl halides is 3. The maximum atomic E-state index is 13.9. The quantitative estimate of drug-likeness (QED) is 0.331. The van der Waals surface area contributed by atoms with Crippen molar-refractivity contribution >= 4 is 40.4 Å².